The number of fused-ring (bicyclic) bond motifs is 1. The molecular formula is C16H21Cl3N2O2. The summed E-state index contributed by atoms with van der Waals surface area (Å²) in [6.07, 6.45) is 2.19. The predicted octanol–water partition coefficient (Wildman–Crippen LogP) is 3.07. The molecule has 1 N–H and O–H groups in total. The number of rotatable bonds is 2. The van der Waals surface area contributed by atoms with E-state index < -0.39 is 5.60 Å². The van der Waals surface area contributed by atoms with Crippen molar-refractivity contribution in [2.45, 2.75) is 31.4 Å². The molecule has 0 saturated carbocycles. The van der Waals surface area contributed by atoms with Gasteiger partial charge in [-0.15, -0.1) is 12.4 Å². The van der Waals surface area contributed by atoms with Gasteiger partial charge >= 0.3 is 0 Å². The van der Waals surface area contributed by atoms with E-state index in [0.29, 0.717) is 36.0 Å². The van der Waals surface area contributed by atoms with E-state index in [0.717, 1.165) is 30.6 Å². The van der Waals surface area contributed by atoms with Crippen LogP contribution in [0.4, 0.5) is 0 Å². The van der Waals surface area contributed by atoms with E-state index in [-0.39, 0.29) is 18.3 Å². The van der Waals surface area contributed by atoms with Gasteiger partial charge in [0, 0.05) is 30.2 Å². The molecule has 0 aromatic heterocycles. The second-order valence-corrected chi connectivity index (χ2v) is 6.79. The summed E-state index contributed by atoms with van der Waals surface area (Å²) in [4.78, 5) is 14.9. The smallest absolute Gasteiger partial charge is 0.255 e. The summed E-state index contributed by atoms with van der Waals surface area (Å²) in [5.74, 6) is 0.0770. The molecule has 4 nitrogen and oxygen atoms in total. The summed E-state index contributed by atoms with van der Waals surface area (Å²) in [6.45, 7) is 2.82. The highest BCUT2D eigenvalue weighted by Gasteiger charge is 2.43. The van der Waals surface area contributed by atoms with Gasteiger partial charge in [0.2, 0.25) is 0 Å². The fraction of sp³-hybridized carbons (Fsp3) is 0.562. The number of carbonyl (C=O) groups is 1. The van der Waals surface area contributed by atoms with Crippen LogP contribution in [-0.2, 0) is 22.5 Å². The fourth-order valence-corrected chi connectivity index (χ4v) is 3.98. The van der Waals surface area contributed by atoms with Gasteiger partial charge in [0.15, 0.2) is 0 Å². The standard InChI is InChI=1S/C16H20Cl2N2O2.ClH/c1-22-16(3-5-19-6-4-16)15(21)20-7-2-11-8-12(17)9-14(18)13(11)10-20;/h8-9,19H,2-7,10H2,1H3;1H. The third kappa shape index (κ3) is 3.62. The molecule has 0 atom stereocenters. The van der Waals surface area contributed by atoms with Crippen LogP contribution in [0.1, 0.15) is 24.0 Å². The Labute approximate surface area is 152 Å². The summed E-state index contributed by atoms with van der Waals surface area (Å²) < 4.78 is 5.65. The number of piperidine rings is 1. The Kier molecular flexibility index (Phi) is 6.20. The number of amides is 1. The van der Waals surface area contributed by atoms with Gasteiger partial charge in [-0.1, -0.05) is 23.2 Å². The van der Waals surface area contributed by atoms with Crippen LogP contribution >= 0.6 is 35.6 Å². The molecule has 1 aromatic carbocycles. The van der Waals surface area contributed by atoms with Crippen LogP contribution in [0.15, 0.2) is 12.1 Å². The lowest BCUT2D eigenvalue weighted by atomic mass is 9.89. The van der Waals surface area contributed by atoms with E-state index in [1.54, 1.807) is 13.2 Å². The first-order valence-corrected chi connectivity index (χ1v) is 8.33. The summed E-state index contributed by atoms with van der Waals surface area (Å²) in [7, 11) is 1.63. The number of carbonyl (C=O) groups excluding carboxylic acids is 1. The zero-order valence-corrected chi connectivity index (χ0v) is 15.4. The number of hydrogen-bond donors (Lipinski definition) is 1. The number of nitrogens with one attached hydrogen (secondary N) is 1. The van der Waals surface area contributed by atoms with Crippen molar-refractivity contribution >= 4 is 41.5 Å². The molecule has 2 aliphatic heterocycles. The third-order valence-corrected chi connectivity index (χ3v) is 5.29. The number of halogens is 3. The molecule has 2 heterocycles. The van der Waals surface area contributed by atoms with Crippen molar-refractivity contribution in [2.75, 3.05) is 26.7 Å². The molecule has 0 aliphatic carbocycles. The molecule has 1 aromatic rings. The Bertz CT molecular complexity index is 589. The van der Waals surface area contributed by atoms with E-state index in [1.165, 1.54) is 0 Å². The largest absolute Gasteiger partial charge is 0.368 e. The fourth-order valence-electron chi connectivity index (χ4n) is 3.38. The van der Waals surface area contributed by atoms with Gasteiger partial charge < -0.3 is 15.0 Å². The Morgan fingerprint density at radius 2 is 2.00 bits per heavy atom. The van der Waals surface area contributed by atoms with Crippen molar-refractivity contribution in [1.29, 1.82) is 0 Å². The first-order valence-electron chi connectivity index (χ1n) is 7.58. The summed E-state index contributed by atoms with van der Waals surface area (Å²) in [5.41, 5.74) is 1.45. The number of benzene rings is 1. The molecule has 0 bridgehead atoms. The van der Waals surface area contributed by atoms with E-state index >= 15 is 0 Å². The molecule has 0 spiro atoms. The maximum Gasteiger partial charge on any atom is 0.255 e. The molecule has 0 radical (unpaired) electrons. The van der Waals surface area contributed by atoms with Crippen molar-refractivity contribution in [3.63, 3.8) is 0 Å². The average Bonchev–Trinajstić information content (AvgIpc) is 2.54. The number of hydrogen-bond acceptors (Lipinski definition) is 3. The van der Waals surface area contributed by atoms with E-state index in [1.807, 2.05) is 11.0 Å². The second-order valence-electron chi connectivity index (χ2n) is 5.95. The maximum atomic E-state index is 13.0. The highest BCUT2D eigenvalue weighted by atomic mass is 35.5. The van der Waals surface area contributed by atoms with Gasteiger partial charge in [0.1, 0.15) is 5.60 Å². The zero-order valence-electron chi connectivity index (χ0n) is 13.0. The first kappa shape index (κ1) is 18.8. The van der Waals surface area contributed by atoms with Crippen molar-refractivity contribution in [3.05, 3.63) is 33.3 Å². The van der Waals surface area contributed by atoms with Crippen LogP contribution in [0.2, 0.25) is 10.0 Å². The minimum absolute atomic E-state index is 0. The highest BCUT2D eigenvalue weighted by molar-refractivity contribution is 6.35. The molecule has 23 heavy (non-hydrogen) atoms. The SMILES string of the molecule is COC1(C(=O)N2CCc3cc(Cl)cc(Cl)c3C2)CCNCC1.Cl. The van der Waals surface area contributed by atoms with Crippen molar-refractivity contribution in [2.24, 2.45) is 0 Å². The quantitative estimate of drug-likeness (QED) is 0.858. The molecule has 7 heteroatoms. The van der Waals surface area contributed by atoms with E-state index in [2.05, 4.69) is 5.32 Å². The molecule has 2 aliphatic rings. The Balaban J connectivity index is 0.00000192. The minimum atomic E-state index is -0.693. The Morgan fingerprint density at radius 1 is 1.30 bits per heavy atom. The normalized spacial score (nSPS) is 19.7. The van der Waals surface area contributed by atoms with E-state index in [9.17, 15) is 4.79 Å². The van der Waals surface area contributed by atoms with Crippen molar-refractivity contribution < 1.29 is 9.53 Å². The first-order chi connectivity index (χ1) is 10.6. The van der Waals surface area contributed by atoms with Crippen molar-refractivity contribution in [1.82, 2.24) is 10.2 Å². The average molecular weight is 380 g/mol. The number of ether oxygens (including phenoxy) is 1. The van der Waals surface area contributed by atoms with Gasteiger partial charge in [0.05, 0.1) is 0 Å². The number of nitrogens with zero attached hydrogens (tertiary/aromatic N) is 1. The molecule has 0 unspecified atom stereocenters. The van der Waals surface area contributed by atoms with Crippen LogP contribution in [0, 0.1) is 0 Å². The third-order valence-electron chi connectivity index (χ3n) is 4.73. The molecule has 1 amide bonds. The topological polar surface area (TPSA) is 41.6 Å². The minimum Gasteiger partial charge on any atom is -0.368 e. The van der Waals surface area contributed by atoms with Crippen LogP contribution in [0.5, 0.6) is 0 Å². The Morgan fingerprint density at radius 3 is 2.65 bits per heavy atom. The van der Waals surface area contributed by atoms with Gasteiger partial charge in [-0.05, 0) is 55.6 Å². The molecular weight excluding hydrogens is 359 g/mol. The lowest BCUT2D eigenvalue weighted by Gasteiger charge is -2.40. The van der Waals surface area contributed by atoms with Crippen LogP contribution in [-0.4, -0.2) is 43.2 Å². The summed E-state index contributed by atoms with van der Waals surface area (Å²) in [6, 6.07) is 3.69. The highest BCUT2D eigenvalue weighted by Crippen LogP contribution is 2.32. The van der Waals surface area contributed by atoms with Crippen molar-refractivity contribution in [3.8, 4) is 0 Å². The second kappa shape index (κ2) is 7.58. The van der Waals surface area contributed by atoms with Gasteiger partial charge in [-0.2, -0.15) is 0 Å². The zero-order chi connectivity index (χ0) is 15.7. The molecule has 1 fully saturated rings. The lowest BCUT2D eigenvalue weighted by Crippen LogP contribution is -2.56. The summed E-state index contributed by atoms with van der Waals surface area (Å²) in [5, 5.41) is 4.56. The maximum absolute atomic E-state index is 13.0. The summed E-state index contributed by atoms with van der Waals surface area (Å²) >= 11 is 12.4. The molecule has 128 valence electrons. The monoisotopic (exact) mass is 378 g/mol. The van der Waals surface area contributed by atoms with Gasteiger partial charge in [0.25, 0.3) is 5.91 Å². The van der Waals surface area contributed by atoms with Gasteiger partial charge in [-0.3, -0.25) is 4.79 Å². The van der Waals surface area contributed by atoms with Crippen LogP contribution in [0.3, 0.4) is 0 Å². The lowest BCUT2D eigenvalue weighted by molar-refractivity contribution is -0.159. The van der Waals surface area contributed by atoms with E-state index in [4.69, 9.17) is 27.9 Å². The number of methoxy groups -OCH3 is 1. The van der Waals surface area contributed by atoms with Gasteiger partial charge in [-0.25, -0.2) is 0 Å². The molecule has 3 rings (SSSR count). The van der Waals surface area contributed by atoms with Crippen LogP contribution < -0.4 is 5.32 Å². The Hall–Kier alpha value is -0.520. The molecule has 1 saturated heterocycles. The van der Waals surface area contributed by atoms with Crippen LogP contribution in [0.25, 0.3) is 0 Å². The predicted molar refractivity (Wildman–Crippen MR) is 94.7 cm³/mol.